The fourth-order valence-corrected chi connectivity index (χ4v) is 1.88. The standard InChI is InChI=1S/C7H11Br2N3O2/c1-5(14-4-13-2)3-12-7(9)10-6(8)11-12/h5H,3-4H2,1-2H3. The first kappa shape index (κ1) is 12.1. The number of aromatic nitrogens is 3. The highest BCUT2D eigenvalue weighted by atomic mass is 79.9. The van der Waals surface area contributed by atoms with E-state index in [2.05, 4.69) is 41.9 Å². The van der Waals surface area contributed by atoms with Crippen molar-refractivity contribution in [3.63, 3.8) is 0 Å². The van der Waals surface area contributed by atoms with Gasteiger partial charge in [0.15, 0.2) is 4.73 Å². The third kappa shape index (κ3) is 3.64. The molecular formula is C7H11Br2N3O2. The smallest absolute Gasteiger partial charge is 0.218 e. The summed E-state index contributed by atoms with van der Waals surface area (Å²) in [4.78, 5) is 4.04. The van der Waals surface area contributed by atoms with Gasteiger partial charge in [0.2, 0.25) is 4.73 Å². The van der Waals surface area contributed by atoms with Crippen LogP contribution >= 0.6 is 31.9 Å². The summed E-state index contributed by atoms with van der Waals surface area (Å²) in [6.07, 6.45) is 0.0276. The van der Waals surface area contributed by atoms with Crippen LogP contribution in [-0.4, -0.2) is 34.8 Å². The van der Waals surface area contributed by atoms with E-state index >= 15 is 0 Å². The summed E-state index contributed by atoms with van der Waals surface area (Å²) in [6.45, 7) is 2.86. The number of hydrogen-bond donors (Lipinski definition) is 0. The second kappa shape index (κ2) is 5.79. The van der Waals surface area contributed by atoms with Crippen LogP contribution in [0.4, 0.5) is 0 Å². The normalized spacial score (nSPS) is 13.1. The van der Waals surface area contributed by atoms with E-state index in [1.807, 2.05) is 6.92 Å². The van der Waals surface area contributed by atoms with Gasteiger partial charge in [-0.15, -0.1) is 5.10 Å². The zero-order valence-electron chi connectivity index (χ0n) is 7.91. The average molecular weight is 329 g/mol. The molecule has 0 N–H and O–H groups in total. The second-order valence-corrected chi connectivity index (χ2v) is 4.13. The first-order chi connectivity index (χ1) is 6.63. The molecule has 0 aliphatic heterocycles. The fourth-order valence-electron chi connectivity index (χ4n) is 0.894. The second-order valence-electron chi connectivity index (χ2n) is 2.72. The van der Waals surface area contributed by atoms with Crippen LogP contribution in [0.5, 0.6) is 0 Å². The molecule has 0 aliphatic rings. The Kier molecular flexibility index (Phi) is 5.00. The van der Waals surface area contributed by atoms with Gasteiger partial charge in [-0.3, -0.25) is 0 Å². The molecule has 0 fully saturated rings. The molecule has 1 atom stereocenters. The molecule has 14 heavy (non-hydrogen) atoms. The quantitative estimate of drug-likeness (QED) is 0.773. The van der Waals surface area contributed by atoms with Crippen molar-refractivity contribution in [2.45, 2.75) is 19.6 Å². The Bertz CT molecular complexity index is 292. The van der Waals surface area contributed by atoms with Gasteiger partial charge in [0.1, 0.15) is 6.79 Å². The van der Waals surface area contributed by atoms with Crippen LogP contribution in [0.2, 0.25) is 0 Å². The number of methoxy groups -OCH3 is 1. The van der Waals surface area contributed by atoms with E-state index in [0.29, 0.717) is 16.0 Å². The van der Waals surface area contributed by atoms with Gasteiger partial charge in [0.25, 0.3) is 0 Å². The van der Waals surface area contributed by atoms with Crippen LogP contribution in [0.3, 0.4) is 0 Å². The van der Waals surface area contributed by atoms with Crippen molar-refractivity contribution in [3.8, 4) is 0 Å². The molecule has 0 saturated heterocycles. The van der Waals surface area contributed by atoms with Crippen molar-refractivity contribution in [3.05, 3.63) is 9.47 Å². The molecule has 7 heteroatoms. The molecule has 0 bridgehead atoms. The Morgan fingerprint density at radius 3 is 2.71 bits per heavy atom. The van der Waals surface area contributed by atoms with E-state index in [1.165, 1.54) is 0 Å². The van der Waals surface area contributed by atoms with Crippen molar-refractivity contribution in [1.29, 1.82) is 0 Å². The summed E-state index contributed by atoms with van der Waals surface area (Å²) in [5, 5.41) is 4.11. The van der Waals surface area contributed by atoms with Gasteiger partial charge in [-0.1, -0.05) is 0 Å². The van der Waals surface area contributed by atoms with E-state index in [9.17, 15) is 0 Å². The minimum Gasteiger partial charge on any atom is -0.359 e. The molecule has 1 aromatic rings. The number of ether oxygens (including phenoxy) is 2. The summed E-state index contributed by atoms with van der Waals surface area (Å²) in [5.41, 5.74) is 0. The zero-order valence-corrected chi connectivity index (χ0v) is 11.1. The van der Waals surface area contributed by atoms with Crippen LogP contribution in [0.25, 0.3) is 0 Å². The van der Waals surface area contributed by atoms with Gasteiger partial charge in [-0.25, -0.2) is 4.68 Å². The van der Waals surface area contributed by atoms with Gasteiger partial charge in [0, 0.05) is 7.11 Å². The molecule has 0 amide bonds. The van der Waals surface area contributed by atoms with Crippen molar-refractivity contribution in [2.24, 2.45) is 0 Å². The lowest BCUT2D eigenvalue weighted by Gasteiger charge is -2.11. The first-order valence-electron chi connectivity index (χ1n) is 4.00. The van der Waals surface area contributed by atoms with Crippen molar-refractivity contribution in [2.75, 3.05) is 13.9 Å². The van der Waals surface area contributed by atoms with E-state index in [4.69, 9.17) is 9.47 Å². The van der Waals surface area contributed by atoms with E-state index < -0.39 is 0 Å². The van der Waals surface area contributed by atoms with Crippen LogP contribution in [0.15, 0.2) is 9.47 Å². The maximum Gasteiger partial charge on any atom is 0.218 e. The van der Waals surface area contributed by atoms with Gasteiger partial charge in [-0.2, -0.15) is 4.98 Å². The summed E-state index contributed by atoms with van der Waals surface area (Å²) in [7, 11) is 1.59. The topological polar surface area (TPSA) is 49.2 Å². The lowest BCUT2D eigenvalue weighted by Crippen LogP contribution is -2.18. The molecule has 1 aromatic heterocycles. The van der Waals surface area contributed by atoms with Gasteiger partial charge >= 0.3 is 0 Å². The van der Waals surface area contributed by atoms with Gasteiger partial charge in [0.05, 0.1) is 12.6 Å². The molecule has 0 saturated carbocycles. The lowest BCUT2D eigenvalue weighted by molar-refractivity contribution is -0.0709. The SMILES string of the molecule is COCOC(C)Cn1nc(Br)nc1Br. The maximum absolute atomic E-state index is 5.31. The Balaban J connectivity index is 2.47. The van der Waals surface area contributed by atoms with E-state index in [-0.39, 0.29) is 12.9 Å². The maximum atomic E-state index is 5.31. The Labute approximate surface area is 99.0 Å². The molecular weight excluding hydrogens is 318 g/mol. The van der Waals surface area contributed by atoms with Crippen molar-refractivity contribution in [1.82, 2.24) is 14.8 Å². The Hall–Kier alpha value is 0.0200. The monoisotopic (exact) mass is 327 g/mol. The Morgan fingerprint density at radius 1 is 1.50 bits per heavy atom. The third-order valence-corrected chi connectivity index (χ3v) is 2.42. The molecule has 0 aromatic carbocycles. The predicted octanol–water partition coefficient (Wildman–Crippen LogP) is 1.81. The highest BCUT2D eigenvalue weighted by Gasteiger charge is 2.09. The molecule has 0 radical (unpaired) electrons. The fraction of sp³-hybridized carbons (Fsp3) is 0.714. The zero-order chi connectivity index (χ0) is 10.6. The average Bonchev–Trinajstić information content (AvgIpc) is 2.42. The summed E-state index contributed by atoms with van der Waals surface area (Å²) >= 11 is 6.47. The molecule has 5 nitrogen and oxygen atoms in total. The number of rotatable bonds is 5. The minimum atomic E-state index is 0.0276. The number of nitrogens with zero attached hydrogens (tertiary/aromatic N) is 3. The molecule has 1 heterocycles. The predicted molar refractivity (Wildman–Crippen MR) is 57.8 cm³/mol. The number of hydrogen-bond acceptors (Lipinski definition) is 4. The highest BCUT2D eigenvalue weighted by Crippen LogP contribution is 2.12. The minimum absolute atomic E-state index is 0.0276. The number of halogens is 2. The van der Waals surface area contributed by atoms with Gasteiger partial charge < -0.3 is 9.47 Å². The Morgan fingerprint density at radius 2 is 2.21 bits per heavy atom. The molecule has 1 unspecified atom stereocenters. The van der Waals surface area contributed by atoms with Crippen LogP contribution < -0.4 is 0 Å². The summed E-state index contributed by atoms with van der Waals surface area (Å²) in [5.74, 6) is 0. The first-order valence-corrected chi connectivity index (χ1v) is 5.58. The lowest BCUT2D eigenvalue weighted by atomic mass is 10.4. The largest absolute Gasteiger partial charge is 0.359 e. The summed E-state index contributed by atoms with van der Waals surface area (Å²) in [6, 6.07) is 0. The van der Waals surface area contributed by atoms with E-state index in [1.54, 1.807) is 11.8 Å². The molecule has 1 rings (SSSR count). The van der Waals surface area contributed by atoms with Crippen molar-refractivity contribution >= 4 is 31.9 Å². The highest BCUT2D eigenvalue weighted by molar-refractivity contribution is 9.11. The summed E-state index contributed by atoms with van der Waals surface area (Å²) < 4.78 is 13.1. The van der Waals surface area contributed by atoms with Crippen LogP contribution in [0.1, 0.15) is 6.92 Å². The van der Waals surface area contributed by atoms with Gasteiger partial charge in [-0.05, 0) is 38.8 Å². The van der Waals surface area contributed by atoms with Crippen LogP contribution in [0, 0.1) is 0 Å². The third-order valence-electron chi connectivity index (χ3n) is 1.50. The van der Waals surface area contributed by atoms with Crippen molar-refractivity contribution < 1.29 is 9.47 Å². The van der Waals surface area contributed by atoms with E-state index in [0.717, 1.165) is 0 Å². The van der Waals surface area contributed by atoms with Crippen LogP contribution in [-0.2, 0) is 16.0 Å². The molecule has 0 spiro atoms. The molecule has 80 valence electrons. The molecule has 0 aliphatic carbocycles.